The van der Waals surface area contributed by atoms with Gasteiger partial charge in [-0.05, 0) is 37.1 Å². The lowest BCUT2D eigenvalue weighted by Crippen LogP contribution is -2.35. The molecular weight excluding hydrogens is 241 g/mol. The summed E-state index contributed by atoms with van der Waals surface area (Å²) in [5.41, 5.74) is 0. The summed E-state index contributed by atoms with van der Waals surface area (Å²) in [6, 6.07) is 6.45. The summed E-state index contributed by atoms with van der Waals surface area (Å²) >= 11 is 0. The quantitative estimate of drug-likeness (QED) is 0.777. The fourth-order valence-electron chi connectivity index (χ4n) is 1.69. The van der Waals surface area contributed by atoms with E-state index in [1.807, 2.05) is 6.07 Å². The van der Waals surface area contributed by atoms with Crippen molar-refractivity contribution < 1.29 is 12.8 Å². The summed E-state index contributed by atoms with van der Waals surface area (Å²) in [5.74, 6) is -0.500. The van der Waals surface area contributed by atoms with Crippen LogP contribution in [0.15, 0.2) is 29.2 Å². The summed E-state index contributed by atoms with van der Waals surface area (Å²) in [5, 5.41) is 9.12. The largest absolute Gasteiger partial charge is 0.222 e. The van der Waals surface area contributed by atoms with Crippen molar-refractivity contribution in [3.63, 3.8) is 0 Å². The second-order valence-electron chi connectivity index (χ2n) is 3.77. The van der Waals surface area contributed by atoms with E-state index < -0.39 is 20.4 Å². The van der Waals surface area contributed by atoms with E-state index in [1.165, 1.54) is 12.1 Å². The fourth-order valence-corrected chi connectivity index (χ4v) is 3.51. The van der Waals surface area contributed by atoms with Gasteiger partial charge >= 0.3 is 0 Å². The van der Waals surface area contributed by atoms with Crippen molar-refractivity contribution in [2.45, 2.75) is 36.3 Å². The van der Waals surface area contributed by atoms with Crippen LogP contribution in [-0.4, -0.2) is 13.2 Å². The van der Waals surface area contributed by atoms with Crippen molar-refractivity contribution in [1.82, 2.24) is 0 Å². The van der Waals surface area contributed by atoms with Crippen LogP contribution in [0.2, 0.25) is 0 Å². The average Bonchev–Trinajstić information content (AvgIpc) is 2.32. The summed E-state index contributed by atoms with van der Waals surface area (Å²) < 4.78 is 36.0. The lowest BCUT2D eigenvalue weighted by atomic mass is 10.1. The molecule has 1 aromatic rings. The summed E-state index contributed by atoms with van der Waals surface area (Å²) in [4.78, 5) is -0.0100. The highest BCUT2D eigenvalue weighted by molar-refractivity contribution is 7.93. The van der Waals surface area contributed by atoms with E-state index in [9.17, 15) is 12.8 Å². The Morgan fingerprint density at radius 2 is 1.71 bits per heavy atom. The zero-order valence-corrected chi connectivity index (χ0v) is 10.6. The maximum Gasteiger partial charge on any atom is 0.197 e. The average molecular weight is 255 g/mol. The molecule has 0 aliphatic rings. The number of benzene rings is 1. The molecule has 0 saturated carbocycles. The van der Waals surface area contributed by atoms with Gasteiger partial charge in [0.15, 0.2) is 14.6 Å². The number of sulfone groups is 1. The molecule has 0 N–H and O–H groups in total. The predicted molar refractivity (Wildman–Crippen MR) is 62.5 cm³/mol. The van der Waals surface area contributed by atoms with Gasteiger partial charge in [0.1, 0.15) is 5.82 Å². The number of hydrogen-bond donors (Lipinski definition) is 0. The fraction of sp³-hybridized carbons (Fsp3) is 0.417. The smallest absolute Gasteiger partial charge is 0.197 e. The van der Waals surface area contributed by atoms with Crippen LogP contribution in [0.4, 0.5) is 4.39 Å². The first kappa shape index (κ1) is 13.7. The molecule has 0 aliphatic carbocycles. The Morgan fingerprint density at radius 1 is 1.24 bits per heavy atom. The predicted octanol–water partition coefficient (Wildman–Crippen LogP) is 2.68. The van der Waals surface area contributed by atoms with Crippen LogP contribution >= 0.6 is 0 Å². The van der Waals surface area contributed by atoms with Gasteiger partial charge in [0.25, 0.3) is 0 Å². The van der Waals surface area contributed by atoms with Gasteiger partial charge in [-0.1, -0.05) is 13.8 Å². The molecule has 0 spiro atoms. The zero-order chi connectivity index (χ0) is 13.1. The third-order valence-electron chi connectivity index (χ3n) is 2.98. The Morgan fingerprint density at radius 3 is 2.06 bits per heavy atom. The van der Waals surface area contributed by atoms with Gasteiger partial charge in [0.05, 0.1) is 11.0 Å². The molecule has 92 valence electrons. The maximum atomic E-state index is 12.8. The highest BCUT2D eigenvalue weighted by atomic mass is 32.2. The SMILES string of the molecule is CCC(C#N)(CC)S(=O)(=O)c1ccc(F)cc1. The zero-order valence-electron chi connectivity index (χ0n) is 9.77. The number of nitriles is 1. The van der Waals surface area contributed by atoms with Crippen LogP contribution in [0.25, 0.3) is 0 Å². The molecule has 0 amide bonds. The van der Waals surface area contributed by atoms with E-state index in [2.05, 4.69) is 0 Å². The van der Waals surface area contributed by atoms with Crippen molar-refractivity contribution in [2.75, 3.05) is 0 Å². The molecular formula is C12H14FNO2S. The Bertz CT molecular complexity index is 525. The van der Waals surface area contributed by atoms with Crippen LogP contribution in [0.5, 0.6) is 0 Å². The Kier molecular flexibility index (Phi) is 3.89. The second kappa shape index (κ2) is 4.84. The lowest BCUT2D eigenvalue weighted by Gasteiger charge is -2.23. The highest BCUT2D eigenvalue weighted by Gasteiger charge is 2.42. The second-order valence-corrected chi connectivity index (χ2v) is 6.03. The van der Waals surface area contributed by atoms with Gasteiger partial charge < -0.3 is 0 Å². The van der Waals surface area contributed by atoms with Crippen LogP contribution in [0.1, 0.15) is 26.7 Å². The molecule has 0 aliphatic heterocycles. The Balaban J connectivity index is 3.38. The van der Waals surface area contributed by atoms with Gasteiger partial charge in [-0.25, -0.2) is 12.8 Å². The molecule has 3 nitrogen and oxygen atoms in total. The van der Waals surface area contributed by atoms with Gasteiger partial charge in [-0.15, -0.1) is 0 Å². The number of halogens is 1. The number of rotatable bonds is 4. The van der Waals surface area contributed by atoms with E-state index in [-0.39, 0.29) is 17.7 Å². The minimum atomic E-state index is -3.76. The van der Waals surface area contributed by atoms with E-state index in [0.29, 0.717) is 0 Å². The molecule has 17 heavy (non-hydrogen) atoms. The topological polar surface area (TPSA) is 57.9 Å². The van der Waals surface area contributed by atoms with E-state index in [4.69, 9.17) is 5.26 Å². The van der Waals surface area contributed by atoms with Crippen molar-refractivity contribution in [1.29, 1.82) is 5.26 Å². The van der Waals surface area contributed by atoms with Gasteiger partial charge in [-0.2, -0.15) is 5.26 Å². The van der Waals surface area contributed by atoms with Crippen molar-refractivity contribution in [3.05, 3.63) is 30.1 Å². The van der Waals surface area contributed by atoms with E-state index in [1.54, 1.807) is 13.8 Å². The normalized spacial score (nSPS) is 12.1. The highest BCUT2D eigenvalue weighted by Crippen LogP contribution is 2.31. The molecule has 0 bridgehead atoms. The van der Waals surface area contributed by atoms with Crippen molar-refractivity contribution in [2.24, 2.45) is 0 Å². The molecule has 0 fully saturated rings. The van der Waals surface area contributed by atoms with E-state index >= 15 is 0 Å². The van der Waals surface area contributed by atoms with Crippen LogP contribution in [0.3, 0.4) is 0 Å². The number of hydrogen-bond acceptors (Lipinski definition) is 3. The molecule has 0 aromatic heterocycles. The molecule has 0 unspecified atom stereocenters. The molecule has 0 atom stereocenters. The maximum absolute atomic E-state index is 12.8. The summed E-state index contributed by atoms with van der Waals surface area (Å²) in [6.45, 7) is 3.32. The third kappa shape index (κ3) is 2.18. The molecule has 1 aromatic carbocycles. The van der Waals surface area contributed by atoms with Gasteiger partial charge in [-0.3, -0.25) is 0 Å². The van der Waals surface area contributed by atoms with Crippen molar-refractivity contribution >= 4 is 9.84 Å². The minimum Gasteiger partial charge on any atom is -0.222 e. The first-order valence-electron chi connectivity index (χ1n) is 5.35. The number of nitrogens with zero attached hydrogens (tertiary/aromatic N) is 1. The summed E-state index contributed by atoms with van der Waals surface area (Å²) in [7, 11) is -3.76. The minimum absolute atomic E-state index is 0.0100. The molecule has 0 radical (unpaired) electrons. The summed E-state index contributed by atoms with van der Waals surface area (Å²) in [6.07, 6.45) is 0.416. The van der Waals surface area contributed by atoms with Crippen LogP contribution in [0, 0.1) is 17.1 Å². The standard InChI is InChI=1S/C12H14FNO2S/c1-3-12(4-2,9-14)17(15,16)11-7-5-10(13)6-8-11/h5-8H,3-4H2,1-2H3. The molecule has 5 heteroatoms. The first-order valence-corrected chi connectivity index (χ1v) is 6.83. The Hall–Kier alpha value is -1.41. The monoisotopic (exact) mass is 255 g/mol. The van der Waals surface area contributed by atoms with Crippen LogP contribution in [-0.2, 0) is 9.84 Å². The third-order valence-corrected chi connectivity index (χ3v) is 5.57. The molecule has 1 rings (SSSR count). The molecule has 0 heterocycles. The Labute approximate surface area is 101 Å². The van der Waals surface area contributed by atoms with Crippen molar-refractivity contribution in [3.8, 4) is 6.07 Å². The van der Waals surface area contributed by atoms with E-state index in [0.717, 1.165) is 12.1 Å². The van der Waals surface area contributed by atoms with Gasteiger partial charge in [0.2, 0.25) is 0 Å². The first-order chi connectivity index (χ1) is 7.93. The van der Waals surface area contributed by atoms with Gasteiger partial charge in [0, 0.05) is 0 Å². The lowest BCUT2D eigenvalue weighted by molar-refractivity contribution is 0.539. The molecule has 0 saturated heterocycles. The van der Waals surface area contributed by atoms with Crippen LogP contribution < -0.4 is 0 Å².